The van der Waals surface area contributed by atoms with E-state index in [2.05, 4.69) is 4.98 Å². The molecule has 0 bridgehead atoms. The van der Waals surface area contributed by atoms with E-state index in [1.807, 2.05) is 36.1 Å². The highest BCUT2D eigenvalue weighted by Crippen LogP contribution is 2.21. The predicted octanol–water partition coefficient (Wildman–Crippen LogP) is 3.71. The number of carbonyl (C=O) groups is 1. The summed E-state index contributed by atoms with van der Waals surface area (Å²) in [6, 6.07) is 11.0. The SMILES string of the molecule is CCN(Cc1ccncc1)C(=O)CCCSc1ccc(O)cc1. The Hall–Kier alpha value is -2.01. The Morgan fingerprint density at radius 2 is 1.87 bits per heavy atom. The minimum absolute atomic E-state index is 0.190. The van der Waals surface area contributed by atoms with Gasteiger partial charge in [0, 0.05) is 36.8 Å². The average molecular weight is 330 g/mol. The predicted molar refractivity (Wildman–Crippen MR) is 93.4 cm³/mol. The molecule has 2 rings (SSSR count). The number of carbonyl (C=O) groups excluding carboxylic acids is 1. The summed E-state index contributed by atoms with van der Waals surface area (Å²) >= 11 is 1.70. The molecule has 0 unspecified atom stereocenters. The lowest BCUT2D eigenvalue weighted by Gasteiger charge is -2.21. The summed E-state index contributed by atoms with van der Waals surface area (Å²) < 4.78 is 0. The zero-order valence-corrected chi connectivity index (χ0v) is 14.1. The fourth-order valence-corrected chi connectivity index (χ4v) is 3.05. The number of nitrogens with zero attached hydrogens (tertiary/aromatic N) is 2. The number of pyridine rings is 1. The van der Waals surface area contributed by atoms with E-state index in [-0.39, 0.29) is 11.7 Å². The number of benzene rings is 1. The van der Waals surface area contributed by atoms with Gasteiger partial charge in [0.2, 0.25) is 5.91 Å². The van der Waals surface area contributed by atoms with Crippen LogP contribution in [0.5, 0.6) is 5.75 Å². The maximum absolute atomic E-state index is 12.3. The van der Waals surface area contributed by atoms with E-state index in [1.54, 1.807) is 36.3 Å². The van der Waals surface area contributed by atoms with Gasteiger partial charge in [0.25, 0.3) is 0 Å². The lowest BCUT2D eigenvalue weighted by atomic mass is 10.2. The van der Waals surface area contributed by atoms with Gasteiger partial charge in [0.1, 0.15) is 5.75 Å². The van der Waals surface area contributed by atoms with Crippen molar-refractivity contribution < 1.29 is 9.90 Å². The Kier molecular flexibility index (Phi) is 6.94. The number of hydrogen-bond donors (Lipinski definition) is 1. The molecule has 1 aromatic heterocycles. The fraction of sp³-hybridized carbons (Fsp3) is 0.333. The molecule has 0 fully saturated rings. The minimum Gasteiger partial charge on any atom is -0.508 e. The molecule has 1 amide bonds. The molecular weight excluding hydrogens is 308 g/mol. The molecule has 0 spiro atoms. The summed E-state index contributed by atoms with van der Waals surface area (Å²) in [4.78, 5) is 19.3. The summed E-state index contributed by atoms with van der Waals surface area (Å²) in [5.41, 5.74) is 1.11. The van der Waals surface area contributed by atoms with Crippen molar-refractivity contribution in [2.24, 2.45) is 0 Å². The van der Waals surface area contributed by atoms with E-state index in [4.69, 9.17) is 0 Å². The number of amides is 1. The Balaban J connectivity index is 1.73. The van der Waals surface area contributed by atoms with Crippen molar-refractivity contribution in [3.05, 3.63) is 54.4 Å². The molecule has 0 aliphatic carbocycles. The van der Waals surface area contributed by atoms with E-state index in [0.29, 0.717) is 19.5 Å². The van der Waals surface area contributed by atoms with Gasteiger partial charge in [0.05, 0.1) is 0 Å². The number of thioether (sulfide) groups is 1. The van der Waals surface area contributed by atoms with Crippen LogP contribution in [-0.2, 0) is 11.3 Å². The number of rotatable bonds is 8. The van der Waals surface area contributed by atoms with E-state index < -0.39 is 0 Å². The highest BCUT2D eigenvalue weighted by atomic mass is 32.2. The molecule has 0 aliphatic heterocycles. The number of aromatic hydroxyl groups is 1. The quantitative estimate of drug-likeness (QED) is 0.592. The van der Waals surface area contributed by atoms with Crippen LogP contribution in [0, 0.1) is 0 Å². The summed E-state index contributed by atoms with van der Waals surface area (Å²) in [7, 11) is 0. The number of aromatic nitrogens is 1. The largest absolute Gasteiger partial charge is 0.508 e. The van der Waals surface area contributed by atoms with Crippen LogP contribution < -0.4 is 0 Å². The standard InChI is InChI=1S/C18H22N2O2S/c1-2-20(14-15-9-11-19-12-10-15)18(22)4-3-13-23-17-7-5-16(21)6-8-17/h5-12,21H,2-4,13-14H2,1H3. The van der Waals surface area contributed by atoms with Gasteiger partial charge in [-0.05, 0) is 61.1 Å². The molecule has 0 radical (unpaired) electrons. The van der Waals surface area contributed by atoms with Gasteiger partial charge in [-0.2, -0.15) is 0 Å². The molecule has 0 aliphatic rings. The zero-order valence-electron chi connectivity index (χ0n) is 13.3. The molecule has 0 saturated heterocycles. The lowest BCUT2D eigenvalue weighted by molar-refractivity contribution is -0.131. The van der Waals surface area contributed by atoms with E-state index in [9.17, 15) is 9.90 Å². The summed E-state index contributed by atoms with van der Waals surface area (Å²) in [6.45, 7) is 3.36. The van der Waals surface area contributed by atoms with Crippen molar-refractivity contribution in [1.29, 1.82) is 0 Å². The van der Waals surface area contributed by atoms with Gasteiger partial charge in [-0.15, -0.1) is 11.8 Å². The van der Waals surface area contributed by atoms with Crippen LogP contribution in [0.4, 0.5) is 0 Å². The Labute approximate surface area is 141 Å². The minimum atomic E-state index is 0.190. The van der Waals surface area contributed by atoms with Crippen molar-refractivity contribution in [1.82, 2.24) is 9.88 Å². The van der Waals surface area contributed by atoms with Crippen molar-refractivity contribution in [3.8, 4) is 5.75 Å². The van der Waals surface area contributed by atoms with Crippen LogP contribution in [0.3, 0.4) is 0 Å². The lowest BCUT2D eigenvalue weighted by Crippen LogP contribution is -2.30. The molecular formula is C18H22N2O2S. The summed E-state index contributed by atoms with van der Waals surface area (Å²) in [6.07, 6.45) is 4.91. The molecule has 4 nitrogen and oxygen atoms in total. The zero-order chi connectivity index (χ0) is 16.5. The highest BCUT2D eigenvalue weighted by Gasteiger charge is 2.11. The molecule has 1 aromatic carbocycles. The second-order valence-electron chi connectivity index (χ2n) is 5.21. The molecule has 0 saturated carbocycles. The van der Waals surface area contributed by atoms with Crippen molar-refractivity contribution >= 4 is 17.7 Å². The number of phenols is 1. The van der Waals surface area contributed by atoms with Crippen molar-refractivity contribution in [2.75, 3.05) is 12.3 Å². The normalized spacial score (nSPS) is 10.5. The van der Waals surface area contributed by atoms with Crippen molar-refractivity contribution in [2.45, 2.75) is 31.2 Å². The maximum Gasteiger partial charge on any atom is 0.222 e. The topological polar surface area (TPSA) is 53.4 Å². The molecule has 1 heterocycles. The third-order valence-corrected chi connectivity index (χ3v) is 4.60. The van der Waals surface area contributed by atoms with Gasteiger partial charge in [-0.1, -0.05) is 0 Å². The monoisotopic (exact) mass is 330 g/mol. The van der Waals surface area contributed by atoms with Crippen LogP contribution >= 0.6 is 11.8 Å². The average Bonchev–Trinajstić information content (AvgIpc) is 2.59. The van der Waals surface area contributed by atoms with Gasteiger partial charge in [-0.3, -0.25) is 9.78 Å². The van der Waals surface area contributed by atoms with Crippen LogP contribution in [0.25, 0.3) is 0 Å². The van der Waals surface area contributed by atoms with Gasteiger partial charge >= 0.3 is 0 Å². The van der Waals surface area contributed by atoms with E-state index in [1.165, 1.54) is 0 Å². The Morgan fingerprint density at radius 3 is 2.52 bits per heavy atom. The number of phenolic OH excluding ortho intramolecular Hbond substituents is 1. The van der Waals surface area contributed by atoms with Crippen LogP contribution in [0.15, 0.2) is 53.7 Å². The molecule has 23 heavy (non-hydrogen) atoms. The second-order valence-corrected chi connectivity index (χ2v) is 6.38. The van der Waals surface area contributed by atoms with E-state index >= 15 is 0 Å². The molecule has 5 heteroatoms. The van der Waals surface area contributed by atoms with Gasteiger partial charge in [0.15, 0.2) is 0 Å². The fourth-order valence-electron chi connectivity index (χ4n) is 2.20. The second kappa shape index (κ2) is 9.20. The smallest absolute Gasteiger partial charge is 0.222 e. The first-order chi connectivity index (χ1) is 11.2. The van der Waals surface area contributed by atoms with Crippen LogP contribution in [-0.4, -0.2) is 33.2 Å². The van der Waals surface area contributed by atoms with Gasteiger partial charge < -0.3 is 10.0 Å². The first kappa shape index (κ1) is 17.3. The van der Waals surface area contributed by atoms with Gasteiger partial charge in [-0.25, -0.2) is 0 Å². The van der Waals surface area contributed by atoms with Crippen molar-refractivity contribution in [3.63, 3.8) is 0 Å². The summed E-state index contributed by atoms with van der Waals surface area (Å²) in [5.74, 6) is 1.36. The molecule has 0 atom stereocenters. The highest BCUT2D eigenvalue weighted by molar-refractivity contribution is 7.99. The first-order valence-electron chi connectivity index (χ1n) is 7.77. The Bertz CT molecular complexity index is 602. The molecule has 122 valence electrons. The molecule has 2 aromatic rings. The third kappa shape index (κ3) is 5.94. The molecule has 1 N–H and O–H groups in total. The Morgan fingerprint density at radius 1 is 1.17 bits per heavy atom. The first-order valence-corrected chi connectivity index (χ1v) is 8.76. The maximum atomic E-state index is 12.3. The summed E-state index contributed by atoms with van der Waals surface area (Å²) in [5, 5.41) is 9.25. The number of hydrogen-bond acceptors (Lipinski definition) is 4. The van der Waals surface area contributed by atoms with E-state index in [0.717, 1.165) is 22.6 Å². The van der Waals surface area contributed by atoms with Crippen LogP contribution in [0.1, 0.15) is 25.3 Å². The third-order valence-electron chi connectivity index (χ3n) is 3.50. The van der Waals surface area contributed by atoms with Crippen LogP contribution in [0.2, 0.25) is 0 Å².